The van der Waals surface area contributed by atoms with E-state index in [-0.39, 0.29) is 0 Å². The Balaban J connectivity index is 1.75. The van der Waals surface area contributed by atoms with Gasteiger partial charge in [0.15, 0.2) is 5.82 Å². The first-order valence-corrected chi connectivity index (χ1v) is 6.95. The number of anilines is 3. The summed E-state index contributed by atoms with van der Waals surface area (Å²) in [5.41, 5.74) is 2.50. The number of hydrogen-bond donors (Lipinski definition) is 3. The van der Waals surface area contributed by atoms with E-state index in [1.54, 1.807) is 0 Å². The third kappa shape index (κ3) is 3.07. The third-order valence-corrected chi connectivity index (χ3v) is 3.22. The number of nitrogens with one attached hydrogen (secondary N) is 3. The van der Waals surface area contributed by atoms with E-state index < -0.39 is 0 Å². The molecule has 5 nitrogen and oxygen atoms in total. The SMILES string of the molecule is N#Cc1c(NCc2ccccc2)n[nH]c1Nc1ccccc1. The first-order chi connectivity index (χ1) is 10.9. The standard InChI is InChI=1S/C17H15N5/c18-11-15-16(19-12-13-7-3-1-4-8-13)21-22-17(15)20-14-9-5-2-6-10-14/h1-10H,12H2,(H3,19,20,21,22). The second-order valence-electron chi connectivity index (χ2n) is 4.76. The van der Waals surface area contributed by atoms with Crippen LogP contribution in [0.2, 0.25) is 0 Å². The van der Waals surface area contributed by atoms with Gasteiger partial charge in [-0.05, 0) is 17.7 Å². The second-order valence-corrected chi connectivity index (χ2v) is 4.76. The Morgan fingerprint density at radius 1 is 1.00 bits per heavy atom. The van der Waals surface area contributed by atoms with Crippen LogP contribution in [0.25, 0.3) is 0 Å². The molecule has 0 aliphatic carbocycles. The lowest BCUT2D eigenvalue weighted by atomic mass is 10.2. The van der Waals surface area contributed by atoms with E-state index in [4.69, 9.17) is 0 Å². The van der Waals surface area contributed by atoms with Crippen LogP contribution in [0.5, 0.6) is 0 Å². The van der Waals surface area contributed by atoms with Crippen LogP contribution in [0, 0.1) is 11.3 Å². The number of aromatic nitrogens is 2. The molecule has 0 amide bonds. The minimum atomic E-state index is 0.472. The Labute approximate surface area is 128 Å². The molecule has 3 aromatic rings. The van der Waals surface area contributed by atoms with Crippen molar-refractivity contribution in [2.75, 3.05) is 10.6 Å². The number of nitriles is 1. The van der Waals surface area contributed by atoms with Crippen LogP contribution in [-0.2, 0) is 6.54 Å². The van der Waals surface area contributed by atoms with Crippen LogP contribution >= 0.6 is 0 Å². The fourth-order valence-electron chi connectivity index (χ4n) is 2.12. The molecule has 1 heterocycles. The highest BCUT2D eigenvalue weighted by atomic mass is 15.2. The van der Waals surface area contributed by atoms with Crippen molar-refractivity contribution in [3.8, 4) is 6.07 Å². The van der Waals surface area contributed by atoms with Crippen LogP contribution < -0.4 is 10.6 Å². The lowest BCUT2D eigenvalue weighted by molar-refractivity contribution is 1.05. The van der Waals surface area contributed by atoms with Gasteiger partial charge in [0.1, 0.15) is 17.5 Å². The number of benzene rings is 2. The zero-order valence-electron chi connectivity index (χ0n) is 11.9. The normalized spacial score (nSPS) is 9.95. The molecule has 22 heavy (non-hydrogen) atoms. The summed E-state index contributed by atoms with van der Waals surface area (Å²) >= 11 is 0. The summed E-state index contributed by atoms with van der Waals surface area (Å²) in [6.45, 7) is 0.616. The summed E-state index contributed by atoms with van der Waals surface area (Å²) in [6, 6.07) is 21.8. The monoisotopic (exact) mass is 289 g/mol. The molecule has 0 unspecified atom stereocenters. The van der Waals surface area contributed by atoms with Crippen molar-refractivity contribution < 1.29 is 0 Å². The van der Waals surface area contributed by atoms with Gasteiger partial charge in [-0.2, -0.15) is 10.4 Å². The fraction of sp³-hybridized carbons (Fsp3) is 0.0588. The minimum absolute atomic E-state index is 0.472. The zero-order chi connectivity index (χ0) is 15.2. The number of aromatic amines is 1. The van der Waals surface area contributed by atoms with Crippen LogP contribution in [0.4, 0.5) is 17.3 Å². The van der Waals surface area contributed by atoms with Gasteiger partial charge in [0, 0.05) is 12.2 Å². The fourth-order valence-corrected chi connectivity index (χ4v) is 2.12. The van der Waals surface area contributed by atoms with Gasteiger partial charge >= 0.3 is 0 Å². The molecule has 0 fully saturated rings. The maximum Gasteiger partial charge on any atom is 0.168 e. The van der Waals surface area contributed by atoms with Gasteiger partial charge in [-0.3, -0.25) is 5.10 Å². The highest BCUT2D eigenvalue weighted by Crippen LogP contribution is 2.23. The highest BCUT2D eigenvalue weighted by Gasteiger charge is 2.12. The first kappa shape index (κ1) is 13.7. The topological polar surface area (TPSA) is 76.5 Å². The lowest BCUT2D eigenvalue weighted by Crippen LogP contribution is -2.01. The maximum absolute atomic E-state index is 9.37. The number of nitrogens with zero attached hydrogens (tertiary/aromatic N) is 2. The lowest BCUT2D eigenvalue weighted by Gasteiger charge is -2.05. The molecule has 0 atom stereocenters. The molecular formula is C17H15N5. The van der Waals surface area contributed by atoms with Crippen LogP contribution in [-0.4, -0.2) is 10.2 Å². The molecule has 5 heteroatoms. The molecule has 0 aliphatic rings. The van der Waals surface area contributed by atoms with Crippen LogP contribution in [0.15, 0.2) is 60.7 Å². The van der Waals surface area contributed by atoms with Crippen molar-refractivity contribution in [2.24, 2.45) is 0 Å². The van der Waals surface area contributed by atoms with E-state index in [0.717, 1.165) is 11.3 Å². The van der Waals surface area contributed by atoms with Gasteiger partial charge in [0.2, 0.25) is 0 Å². The molecule has 0 saturated carbocycles. The van der Waals surface area contributed by atoms with Crippen LogP contribution in [0.1, 0.15) is 11.1 Å². The van der Waals surface area contributed by atoms with Gasteiger partial charge in [0.25, 0.3) is 0 Å². The van der Waals surface area contributed by atoms with Crippen molar-refractivity contribution in [3.63, 3.8) is 0 Å². The maximum atomic E-state index is 9.37. The number of hydrogen-bond acceptors (Lipinski definition) is 4. The Kier molecular flexibility index (Phi) is 4.03. The third-order valence-electron chi connectivity index (χ3n) is 3.22. The van der Waals surface area contributed by atoms with E-state index >= 15 is 0 Å². The first-order valence-electron chi connectivity index (χ1n) is 6.95. The summed E-state index contributed by atoms with van der Waals surface area (Å²) in [7, 11) is 0. The van der Waals surface area contributed by atoms with Crippen molar-refractivity contribution in [2.45, 2.75) is 6.54 Å². The van der Waals surface area contributed by atoms with E-state index in [1.165, 1.54) is 0 Å². The summed E-state index contributed by atoms with van der Waals surface area (Å²) in [6.07, 6.45) is 0. The molecule has 0 saturated heterocycles. The molecule has 108 valence electrons. The van der Waals surface area contributed by atoms with Gasteiger partial charge in [-0.25, -0.2) is 0 Å². The summed E-state index contributed by atoms with van der Waals surface area (Å²) in [5, 5.41) is 22.8. The molecule has 0 spiro atoms. The summed E-state index contributed by atoms with van der Waals surface area (Å²) < 4.78 is 0. The van der Waals surface area contributed by atoms with Gasteiger partial charge in [0.05, 0.1) is 0 Å². The molecule has 0 bridgehead atoms. The van der Waals surface area contributed by atoms with Crippen molar-refractivity contribution in [1.82, 2.24) is 10.2 Å². The molecule has 0 radical (unpaired) electrons. The predicted octanol–water partition coefficient (Wildman–Crippen LogP) is 3.64. The second kappa shape index (κ2) is 6.46. The van der Waals surface area contributed by atoms with E-state index in [9.17, 15) is 5.26 Å². The van der Waals surface area contributed by atoms with Gasteiger partial charge < -0.3 is 10.6 Å². The predicted molar refractivity (Wildman–Crippen MR) is 86.8 cm³/mol. The number of H-pyrrole nitrogens is 1. The highest BCUT2D eigenvalue weighted by molar-refractivity contribution is 5.70. The Morgan fingerprint density at radius 2 is 1.68 bits per heavy atom. The van der Waals surface area contributed by atoms with E-state index in [0.29, 0.717) is 23.7 Å². The number of para-hydroxylation sites is 1. The van der Waals surface area contributed by atoms with Crippen LogP contribution in [0.3, 0.4) is 0 Å². The Bertz CT molecular complexity index is 772. The summed E-state index contributed by atoms with van der Waals surface area (Å²) in [4.78, 5) is 0. The van der Waals surface area contributed by atoms with Crippen molar-refractivity contribution in [3.05, 3.63) is 71.8 Å². The molecule has 0 aliphatic heterocycles. The molecule has 3 rings (SSSR count). The Morgan fingerprint density at radius 3 is 2.36 bits per heavy atom. The average molecular weight is 289 g/mol. The zero-order valence-corrected chi connectivity index (χ0v) is 11.9. The minimum Gasteiger partial charge on any atom is -0.363 e. The molecule has 2 aromatic carbocycles. The summed E-state index contributed by atoms with van der Waals surface area (Å²) in [5.74, 6) is 1.13. The Hall–Kier alpha value is -3.26. The quantitative estimate of drug-likeness (QED) is 0.670. The smallest absolute Gasteiger partial charge is 0.168 e. The molecular weight excluding hydrogens is 274 g/mol. The largest absolute Gasteiger partial charge is 0.363 e. The van der Waals surface area contributed by atoms with E-state index in [1.807, 2.05) is 60.7 Å². The molecule has 3 N–H and O–H groups in total. The molecule has 1 aromatic heterocycles. The van der Waals surface area contributed by atoms with Crippen molar-refractivity contribution in [1.29, 1.82) is 5.26 Å². The average Bonchev–Trinajstić information content (AvgIpc) is 2.96. The van der Waals surface area contributed by atoms with Crippen molar-refractivity contribution >= 4 is 17.3 Å². The van der Waals surface area contributed by atoms with E-state index in [2.05, 4.69) is 26.9 Å². The van der Waals surface area contributed by atoms with Gasteiger partial charge in [-0.15, -0.1) is 0 Å². The number of rotatable bonds is 5. The van der Waals surface area contributed by atoms with Gasteiger partial charge in [-0.1, -0.05) is 48.5 Å².